The average molecular weight is 196 g/mol. The van der Waals surface area contributed by atoms with Crippen molar-refractivity contribution in [3.63, 3.8) is 0 Å². The highest BCUT2D eigenvalue weighted by Crippen LogP contribution is 2.10. The molecule has 1 rings (SSSR count). The summed E-state index contributed by atoms with van der Waals surface area (Å²) in [7, 11) is 0. The largest absolute Gasteiger partial charge is 0.303 e. The summed E-state index contributed by atoms with van der Waals surface area (Å²) in [4.78, 5) is 12.5. The molecule has 81 valence electrons. The lowest BCUT2D eigenvalue weighted by atomic mass is 10.1. The van der Waals surface area contributed by atoms with Gasteiger partial charge in [0.05, 0.1) is 0 Å². The number of rotatable bonds is 7. The van der Waals surface area contributed by atoms with Gasteiger partial charge in [-0.2, -0.15) is 0 Å². The summed E-state index contributed by atoms with van der Waals surface area (Å²) in [5.74, 6) is 0. The van der Waals surface area contributed by atoms with Crippen molar-refractivity contribution in [1.82, 2.24) is 4.90 Å². The van der Waals surface area contributed by atoms with Crippen LogP contribution in [0.25, 0.3) is 0 Å². The molecule has 0 aromatic carbocycles. The Kier molecular flexibility index (Phi) is 6.67. The molecule has 1 heterocycles. The lowest BCUT2D eigenvalue weighted by Gasteiger charge is -2.26. The molecule has 2 heteroatoms. The minimum atomic E-state index is 0.629. The Bertz CT molecular complexity index is 141. The fourth-order valence-corrected chi connectivity index (χ4v) is 2.07. The minimum Gasteiger partial charge on any atom is -0.303 e. The number of hydrogen-bond acceptors (Lipinski definition) is 2. The fraction of sp³-hybridized carbons (Fsp3) is 0.917. The van der Waals surface area contributed by atoms with Crippen LogP contribution < -0.4 is 0 Å². The standard InChI is InChI=1S/C12H22NO/c14-12-8-3-1-2-5-9-13-10-6-4-7-11-13/h1-11H2. The summed E-state index contributed by atoms with van der Waals surface area (Å²) in [5.41, 5.74) is 0. The van der Waals surface area contributed by atoms with Gasteiger partial charge >= 0.3 is 0 Å². The second-order valence-electron chi connectivity index (χ2n) is 4.21. The molecule has 0 aromatic heterocycles. The highest BCUT2D eigenvalue weighted by Gasteiger charge is 2.08. The van der Waals surface area contributed by atoms with Gasteiger partial charge < -0.3 is 4.90 Å². The van der Waals surface area contributed by atoms with E-state index in [9.17, 15) is 4.79 Å². The van der Waals surface area contributed by atoms with Crippen LogP contribution in [0.3, 0.4) is 0 Å². The molecule has 0 amide bonds. The number of piperidine rings is 1. The maximum absolute atomic E-state index is 9.95. The molecular formula is C12H22NO. The first-order valence-electron chi connectivity index (χ1n) is 6.01. The van der Waals surface area contributed by atoms with E-state index in [1.54, 1.807) is 0 Å². The predicted octanol–water partition coefficient (Wildman–Crippen LogP) is 2.53. The number of carbonyl (C=O) groups excluding carboxylic acids is 1. The number of hydrogen-bond donors (Lipinski definition) is 0. The Balaban J connectivity index is 1.85. The van der Waals surface area contributed by atoms with E-state index in [2.05, 4.69) is 4.90 Å². The van der Waals surface area contributed by atoms with E-state index in [0.29, 0.717) is 6.42 Å². The smallest absolute Gasteiger partial charge is 0.198 e. The Morgan fingerprint density at radius 3 is 2.36 bits per heavy atom. The van der Waals surface area contributed by atoms with Crippen LogP contribution in [0.2, 0.25) is 0 Å². The van der Waals surface area contributed by atoms with Crippen molar-refractivity contribution < 1.29 is 4.79 Å². The molecule has 1 aliphatic rings. The van der Waals surface area contributed by atoms with Gasteiger partial charge in [-0.15, -0.1) is 0 Å². The fourth-order valence-electron chi connectivity index (χ4n) is 2.07. The molecule has 0 atom stereocenters. The summed E-state index contributed by atoms with van der Waals surface area (Å²) < 4.78 is 0. The van der Waals surface area contributed by atoms with Gasteiger partial charge in [0, 0.05) is 6.42 Å². The summed E-state index contributed by atoms with van der Waals surface area (Å²) in [6, 6.07) is 0. The van der Waals surface area contributed by atoms with Gasteiger partial charge in [-0.25, -0.2) is 0 Å². The first-order valence-corrected chi connectivity index (χ1v) is 6.01. The molecule has 14 heavy (non-hydrogen) atoms. The second-order valence-corrected chi connectivity index (χ2v) is 4.21. The van der Waals surface area contributed by atoms with E-state index in [1.165, 1.54) is 58.2 Å². The van der Waals surface area contributed by atoms with Gasteiger partial charge in [-0.3, -0.25) is 4.79 Å². The maximum Gasteiger partial charge on any atom is 0.198 e. The molecule has 1 fully saturated rings. The zero-order valence-corrected chi connectivity index (χ0v) is 9.13. The molecule has 1 radical (unpaired) electrons. The average Bonchev–Trinajstić information content (AvgIpc) is 2.25. The highest BCUT2D eigenvalue weighted by atomic mass is 16.1. The van der Waals surface area contributed by atoms with E-state index < -0.39 is 0 Å². The number of likely N-dealkylation sites (tertiary alicyclic amines) is 1. The third kappa shape index (κ3) is 5.38. The first kappa shape index (κ1) is 11.7. The Hall–Kier alpha value is -0.370. The molecule has 0 aliphatic carbocycles. The summed E-state index contributed by atoms with van der Waals surface area (Å²) in [5, 5.41) is 0. The minimum absolute atomic E-state index is 0.629. The SMILES string of the molecule is O=[C]CCCCCCN1CCCCC1. The topological polar surface area (TPSA) is 20.3 Å². The van der Waals surface area contributed by atoms with Crippen LogP contribution in [0.5, 0.6) is 0 Å². The molecule has 1 saturated heterocycles. The van der Waals surface area contributed by atoms with Crippen molar-refractivity contribution in [1.29, 1.82) is 0 Å². The number of unbranched alkanes of at least 4 members (excludes halogenated alkanes) is 4. The van der Waals surface area contributed by atoms with Crippen LogP contribution in [-0.2, 0) is 4.79 Å². The molecule has 0 N–H and O–H groups in total. The molecule has 1 aliphatic heterocycles. The molecule has 0 spiro atoms. The van der Waals surface area contributed by atoms with Gasteiger partial charge in [0.1, 0.15) is 0 Å². The van der Waals surface area contributed by atoms with Crippen molar-refractivity contribution in [3.8, 4) is 0 Å². The first-order chi connectivity index (χ1) is 6.93. The second kappa shape index (κ2) is 7.98. The normalized spacial score (nSPS) is 18.3. The summed E-state index contributed by atoms with van der Waals surface area (Å²) >= 11 is 0. The van der Waals surface area contributed by atoms with Crippen molar-refractivity contribution >= 4 is 6.29 Å². The van der Waals surface area contributed by atoms with Gasteiger partial charge in [0.25, 0.3) is 0 Å². The zero-order chi connectivity index (χ0) is 10.1. The van der Waals surface area contributed by atoms with E-state index in [1.807, 2.05) is 6.29 Å². The molecule has 0 saturated carbocycles. The molecular weight excluding hydrogens is 174 g/mol. The molecule has 2 nitrogen and oxygen atoms in total. The molecule has 0 unspecified atom stereocenters. The molecule has 0 bridgehead atoms. The van der Waals surface area contributed by atoms with E-state index in [0.717, 1.165) is 6.42 Å². The van der Waals surface area contributed by atoms with Gasteiger partial charge in [-0.1, -0.05) is 19.3 Å². The lowest BCUT2D eigenvalue weighted by molar-refractivity contribution is 0.224. The van der Waals surface area contributed by atoms with Crippen molar-refractivity contribution in [2.75, 3.05) is 19.6 Å². The molecule has 0 aromatic rings. The summed E-state index contributed by atoms with van der Waals surface area (Å²) in [6.07, 6.45) is 11.6. The summed E-state index contributed by atoms with van der Waals surface area (Å²) in [6.45, 7) is 3.88. The van der Waals surface area contributed by atoms with Gasteiger partial charge in [0.2, 0.25) is 0 Å². The Morgan fingerprint density at radius 2 is 1.64 bits per heavy atom. The van der Waals surface area contributed by atoms with Crippen LogP contribution in [0.4, 0.5) is 0 Å². The van der Waals surface area contributed by atoms with Crippen molar-refractivity contribution in [2.24, 2.45) is 0 Å². The monoisotopic (exact) mass is 196 g/mol. The van der Waals surface area contributed by atoms with Crippen LogP contribution in [0, 0.1) is 0 Å². The zero-order valence-electron chi connectivity index (χ0n) is 9.13. The van der Waals surface area contributed by atoms with E-state index in [-0.39, 0.29) is 0 Å². The quantitative estimate of drug-likeness (QED) is 0.583. The Morgan fingerprint density at radius 1 is 0.929 bits per heavy atom. The highest BCUT2D eigenvalue weighted by molar-refractivity contribution is 5.50. The lowest BCUT2D eigenvalue weighted by Crippen LogP contribution is -2.30. The van der Waals surface area contributed by atoms with Crippen LogP contribution in [0.1, 0.15) is 51.4 Å². The van der Waals surface area contributed by atoms with Crippen LogP contribution >= 0.6 is 0 Å². The van der Waals surface area contributed by atoms with Gasteiger partial charge in [-0.05, 0) is 45.3 Å². The van der Waals surface area contributed by atoms with Crippen molar-refractivity contribution in [3.05, 3.63) is 0 Å². The van der Waals surface area contributed by atoms with Crippen LogP contribution in [-0.4, -0.2) is 30.8 Å². The van der Waals surface area contributed by atoms with Crippen molar-refractivity contribution in [2.45, 2.75) is 51.4 Å². The number of nitrogens with zero attached hydrogens (tertiary/aromatic N) is 1. The third-order valence-electron chi connectivity index (χ3n) is 2.95. The third-order valence-corrected chi connectivity index (χ3v) is 2.95. The maximum atomic E-state index is 9.95. The predicted molar refractivity (Wildman–Crippen MR) is 59.1 cm³/mol. The van der Waals surface area contributed by atoms with E-state index >= 15 is 0 Å². The Labute approximate surface area is 87.7 Å². The van der Waals surface area contributed by atoms with Gasteiger partial charge in [0.15, 0.2) is 6.29 Å². The van der Waals surface area contributed by atoms with Crippen LogP contribution in [0.15, 0.2) is 0 Å². The van der Waals surface area contributed by atoms with E-state index in [4.69, 9.17) is 0 Å².